The Labute approximate surface area is 90.7 Å². The van der Waals surface area contributed by atoms with E-state index in [4.69, 9.17) is 0 Å². The van der Waals surface area contributed by atoms with Gasteiger partial charge in [-0.15, -0.1) is 0 Å². The zero-order chi connectivity index (χ0) is 12.2. The first kappa shape index (κ1) is 13.0. The summed E-state index contributed by atoms with van der Waals surface area (Å²) in [6.07, 6.45) is -2.40. The fourth-order valence-electron chi connectivity index (χ4n) is 1.25. The van der Waals surface area contributed by atoms with Gasteiger partial charge in [0.25, 0.3) is 0 Å². The van der Waals surface area contributed by atoms with Crippen LogP contribution in [0.3, 0.4) is 0 Å². The quantitative estimate of drug-likeness (QED) is 0.845. The van der Waals surface area contributed by atoms with Crippen LogP contribution in [-0.4, -0.2) is 34.0 Å². The van der Waals surface area contributed by atoms with E-state index in [1.165, 1.54) is 6.20 Å². The molecule has 1 rings (SSSR count). The van der Waals surface area contributed by atoms with E-state index in [0.717, 1.165) is 0 Å². The number of aliphatic hydroxyl groups excluding tert-OH is 1. The molecular weight excluding hydrogens is 225 g/mol. The molecule has 92 valence electrons. The van der Waals surface area contributed by atoms with Crippen molar-refractivity contribution in [1.82, 2.24) is 9.55 Å². The number of imidazole rings is 1. The number of alkyl halides is 3. The lowest BCUT2D eigenvalue weighted by Gasteiger charge is -2.13. The zero-order valence-corrected chi connectivity index (χ0v) is 8.74. The summed E-state index contributed by atoms with van der Waals surface area (Å²) >= 11 is 0. The normalized spacial score (nSPS) is 14.1. The van der Waals surface area contributed by atoms with Crippen LogP contribution in [0.5, 0.6) is 0 Å². The Morgan fingerprint density at radius 1 is 1.56 bits per heavy atom. The molecule has 0 saturated heterocycles. The van der Waals surface area contributed by atoms with Crippen molar-refractivity contribution in [3.05, 3.63) is 18.2 Å². The second-order valence-electron chi connectivity index (χ2n) is 3.22. The SMILES string of the molecule is CCn1ccnc1C(O)COCC(F)(F)F. The Balaban J connectivity index is 2.44. The maximum absolute atomic E-state index is 11.8. The van der Waals surface area contributed by atoms with Crippen LogP contribution in [0.2, 0.25) is 0 Å². The van der Waals surface area contributed by atoms with Crippen molar-refractivity contribution in [2.24, 2.45) is 0 Å². The van der Waals surface area contributed by atoms with Gasteiger partial charge in [0.05, 0.1) is 6.61 Å². The summed E-state index contributed by atoms with van der Waals surface area (Å²) in [5.41, 5.74) is 0. The Morgan fingerprint density at radius 2 is 2.25 bits per heavy atom. The number of nitrogens with zero attached hydrogens (tertiary/aromatic N) is 2. The van der Waals surface area contributed by atoms with Crippen LogP contribution >= 0.6 is 0 Å². The predicted octanol–water partition coefficient (Wildman–Crippen LogP) is 1.52. The summed E-state index contributed by atoms with van der Waals surface area (Å²) in [5, 5.41) is 9.54. The molecule has 7 heteroatoms. The van der Waals surface area contributed by atoms with Crippen molar-refractivity contribution >= 4 is 0 Å². The van der Waals surface area contributed by atoms with Crippen LogP contribution in [0.4, 0.5) is 13.2 Å². The van der Waals surface area contributed by atoms with E-state index in [9.17, 15) is 18.3 Å². The highest BCUT2D eigenvalue weighted by molar-refractivity contribution is 4.96. The van der Waals surface area contributed by atoms with Gasteiger partial charge in [0, 0.05) is 18.9 Å². The van der Waals surface area contributed by atoms with Crippen molar-refractivity contribution in [2.75, 3.05) is 13.2 Å². The standard InChI is InChI=1S/C9H13F3N2O2/c1-2-14-4-3-13-8(14)7(15)5-16-6-9(10,11)12/h3-4,7,15H,2,5-6H2,1H3. The van der Waals surface area contributed by atoms with E-state index < -0.39 is 25.5 Å². The van der Waals surface area contributed by atoms with Gasteiger partial charge in [-0.1, -0.05) is 0 Å². The van der Waals surface area contributed by atoms with Gasteiger partial charge < -0.3 is 14.4 Å². The number of ether oxygens (including phenoxy) is 1. The van der Waals surface area contributed by atoms with Gasteiger partial charge >= 0.3 is 6.18 Å². The molecule has 0 aliphatic heterocycles. The van der Waals surface area contributed by atoms with Gasteiger partial charge in [0.2, 0.25) is 0 Å². The summed E-state index contributed by atoms with van der Waals surface area (Å²) in [5.74, 6) is 0.310. The molecule has 0 amide bonds. The minimum absolute atomic E-state index is 0.310. The maximum Gasteiger partial charge on any atom is 0.411 e. The molecule has 0 aliphatic rings. The van der Waals surface area contributed by atoms with E-state index in [0.29, 0.717) is 12.4 Å². The highest BCUT2D eigenvalue weighted by Crippen LogP contribution is 2.16. The summed E-state index contributed by atoms with van der Waals surface area (Å²) in [6, 6.07) is 0. The van der Waals surface area contributed by atoms with E-state index in [2.05, 4.69) is 9.72 Å². The third-order valence-electron chi connectivity index (χ3n) is 1.93. The average Bonchev–Trinajstić information content (AvgIpc) is 2.63. The molecule has 1 atom stereocenters. The van der Waals surface area contributed by atoms with E-state index in [1.807, 2.05) is 6.92 Å². The number of rotatable bonds is 5. The molecule has 0 spiro atoms. The second kappa shape index (κ2) is 5.31. The first-order valence-electron chi connectivity index (χ1n) is 4.77. The number of hydrogen-bond donors (Lipinski definition) is 1. The maximum atomic E-state index is 11.8. The van der Waals surface area contributed by atoms with Gasteiger partial charge in [-0.25, -0.2) is 4.98 Å². The number of hydrogen-bond acceptors (Lipinski definition) is 3. The van der Waals surface area contributed by atoms with E-state index in [-0.39, 0.29) is 0 Å². The summed E-state index contributed by atoms with van der Waals surface area (Å²) in [7, 11) is 0. The van der Waals surface area contributed by atoms with Crippen LogP contribution in [0.1, 0.15) is 18.9 Å². The van der Waals surface area contributed by atoms with Crippen molar-refractivity contribution < 1.29 is 23.0 Å². The van der Waals surface area contributed by atoms with Crippen LogP contribution in [0.15, 0.2) is 12.4 Å². The molecule has 1 N–H and O–H groups in total. The van der Waals surface area contributed by atoms with Crippen molar-refractivity contribution in [3.63, 3.8) is 0 Å². The van der Waals surface area contributed by atoms with Gasteiger partial charge in [0.1, 0.15) is 18.5 Å². The van der Waals surface area contributed by atoms with E-state index >= 15 is 0 Å². The Bertz CT molecular complexity index is 325. The molecule has 1 heterocycles. The molecule has 0 aromatic carbocycles. The van der Waals surface area contributed by atoms with Crippen LogP contribution in [0, 0.1) is 0 Å². The third kappa shape index (κ3) is 3.82. The lowest BCUT2D eigenvalue weighted by molar-refractivity contribution is -0.179. The lowest BCUT2D eigenvalue weighted by atomic mass is 10.3. The highest BCUT2D eigenvalue weighted by Gasteiger charge is 2.28. The second-order valence-corrected chi connectivity index (χ2v) is 3.22. The molecule has 0 aliphatic carbocycles. The smallest absolute Gasteiger partial charge is 0.383 e. The van der Waals surface area contributed by atoms with Crippen molar-refractivity contribution in [3.8, 4) is 0 Å². The minimum Gasteiger partial charge on any atom is -0.383 e. The first-order chi connectivity index (χ1) is 7.44. The van der Waals surface area contributed by atoms with Gasteiger partial charge in [0.15, 0.2) is 0 Å². The average molecular weight is 238 g/mol. The zero-order valence-electron chi connectivity index (χ0n) is 8.74. The topological polar surface area (TPSA) is 47.3 Å². The van der Waals surface area contributed by atoms with Crippen LogP contribution in [0.25, 0.3) is 0 Å². The summed E-state index contributed by atoms with van der Waals surface area (Å²) < 4.78 is 41.3. The van der Waals surface area contributed by atoms with Gasteiger partial charge in [-0.3, -0.25) is 0 Å². The van der Waals surface area contributed by atoms with Gasteiger partial charge in [-0.2, -0.15) is 13.2 Å². The Morgan fingerprint density at radius 3 is 2.81 bits per heavy atom. The molecule has 0 saturated carbocycles. The predicted molar refractivity (Wildman–Crippen MR) is 49.7 cm³/mol. The molecule has 1 aromatic heterocycles. The Kier molecular flexibility index (Phi) is 4.31. The van der Waals surface area contributed by atoms with Crippen LogP contribution < -0.4 is 0 Å². The molecule has 0 radical (unpaired) electrons. The third-order valence-corrected chi connectivity index (χ3v) is 1.93. The van der Waals surface area contributed by atoms with Crippen molar-refractivity contribution in [2.45, 2.75) is 25.7 Å². The minimum atomic E-state index is -4.38. The molecule has 0 bridgehead atoms. The largest absolute Gasteiger partial charge is 0.411 e. The summed E-state index contributed by atoms with van der Waals surface area (Å²) in [6.45, 7) is 0.646. The number of halogens is 3. The highest BCUT2D eigenvalue weighted by atomic mass is 19.4. The fraction of sp³-hybridized carbons (Fsp3) is 0.667. The monoisotopic (exact) mass is 238 g/mol. The number of aliphatic hydroxyl groups is 1. The number of aromatic nitrogens is 2. The number of aryl methyl sites for hydroxylation is 1. The van der Waals surface area contributed by atoms with E-state index in [1.54, 1.807) is 10.8 Å². The van der Waals surface area contributed by atoms with Gasteiger partial charge in [-0.05, 0) is 6.92 Å². The molecular formula is C9H13F3N2O2. The Hall–Kier alpha value is -1.08. The van der Waals surface area contributed by atoms with Crippen LogP contribution in [-0.2, 0) is 11.3 Å². The molecule has 0 fully saturated rings. The lowest BCUT2D eigenvalue weighted by Crippen LogP contribution is -2.21. The summed E-state index contributed by atoms with van der Waals surface area (Å²) in [4.78, 5) is 3.85. The fourth-order valence-corrected chi connectivity index (χ4v) is 1.25. The molecule has 1 aromatic rings. The molecule has 1 unspecified atom stereocenters. The molecule has 4 nitrogen and oxygen atoms in total. The van der Waals surface area contributed by atoms with Crippen molar-refractivity contribution in [1.29, 1.82) is 0 Å². The first-order valence-corrected chi connectivity index (χ1v) is 4.77. The molecule has 16 heavy (non-hydrogen) atoms.